The molecule has 2 rings (SSSR count). The molecule has 1 aliphatic rings. The number of aromatic carboxylic acids is 1. The van der Waals surface area contributed by atoms with Crippen LogP contribution in [0.5, 0.6) is 11.5 Å². The van der Waals surface area contributed by atoms with Crippen molar-refractivity contribution in [2.75, 3.05) is 6.79 Å². The van der Waals surface area contributed by atoms with Crippen molar-refractivity contribution in [2.24, 2.45) is 0 Å². The fraction of sp³-hybridized carbons (Fsp3) is 0.300. The minimum atomic E-state index is -0.991. The third-order valence-corrected chi connectivity index (χ3v) is 2.38. The lowest BCUT2D eigenvalue weighted by molar-refractivity contribution is 0.0692. The number of fused-ring (bicyclic) bond motifs is 1. The van der Waals surface area contributed by atoms with Crippen LogP contribution < -0.4 is 9.47 Å². The number of hydrogen-bond acceptors (Lipinski definition) is 3. The molecular weight excluding hydrogens is 184 g/mol. The molecule has 74 valence electrons. The summed E-state index contributed by atoms with van der Waals surface area (Å²) in [6.45, 7) is 3.83. The Hall–Kier alpha value is -1.71. The molecule has 0 aromatic heterocycles. The van der Waals surface area contributed by atoms with Crippen LogP contribution in [-0.2, 0) is 0 Å². The molecule has 1 aromatic carbocycles. The van der Waals surface area contributed by atoms with Crippen molar-refractivity contribution in [1.82, 2.24) is 0 Å². The Labute approximate surface area is 81.1 Å². The maximum atomic E-state index is 10.9. The molecule has 4 heteroatoms. The molecule has 0 amide bonds. The predicted molar refractivity (Wildman–Crippen MR) is 49.0 cm³/mol. The first-order valence-electron chi connectivity index (χ1n) is 4.24. The zero-order chi connectivity index (χ0) is 10.3. The largest absolute Gasteiger partial charge is 0.478 e. The Kier molecular flexibility index (Phi) is 1.84. The van der Waals surface area contributed by atoms with E-state index in [1.807, 2.05) is 13.8 Å². The van der Waals surface area contributed by atoms with E-state index < -0.39 is 5.97 Å². The van der Waals surface area contributed by atoms with Gasteiger partial charge in [0.1, 0.15) is 5.56 Å². The van der Waals surface area contributed by atoms with E-state index in [2.05, 4.69) is 0 Å². The Balaban J connectivity index is 2.70. The number of carboxylic acids is 1. The van der Waals surface area contributed by atoms with Gasteiger partial charge in [0.2, 0.25) is 6.79 Å². The molecule has 14 heavy (non-hydrogen) atoms. The fourth-order valence-corrected chi connectivity index (χ4v) is 1.49. The second-order valence-corrected chi connectivity index (χ2v) is 3.24. The normalized spacial score (nSPS) is 13.0. The Morgan fingerprint density at radius 1 is 1.36 bits per heavy atom. The first kappa shape index (κ1) is 8.87. The zero-order valence-corrected chi connectivity index (χ0v) is 7.96. The topological polar surface area (TPSA) is 55.8 Å². The smallest absolute Gasteiger partial charge is 0.339 e. The van der Waals surface area contributed by atoms with Crippen LogP contribution in [0, 0.1) is 13.8 Å². The van der Waals surface area contributed by atoms with Crippen LogP contribution in [0.3, 0.4) is 0 Å². The van der Waals surface area contributed by atoms with E-state index in [0.29, 0.717) is 11.5 Å². The van der Waals surface area contributed by atoms with E-state index in [9.17, 15) is 4.79 Å². The molecule has 0 aliphatic carbocycles. The highest BCUT2D eigenvalue weighted by atomic mass is 16.7. The van der Waals surface area contributed by atoms with Crippen molar-refractivity contribution in [3.8, 4) is 11.5 Å². The molecule has 0 spiro atoms. The highest BCUT2D eigenvalue weighted by Crippen LogP contribution is 2.40. The molecule has 4 nitrogen and oxygen atoms in total. The number of benzene rings is 1. The van der Waals surface area contributed by atoms with Crippen molar-refractivity contribution in [1.29, 1.82) is 0 Å². The molecule has 1 heterocycles. The van der Waals surface area contributed by atoms with Gasteiger partial charge < -0.3 is 14.6 Å². The molecule has 0 saturated carbocycles. The van der Waals surface area contributed by atoms with Gasteiger partial charge >= 0.3 is 5.97 Å². The maximum absolute atomic E-state index is 10.9. The van der Waals surface area contributed by atoms with Gasteiger partial charge in [0.05, 0.1) is 0 Å². The van der Waals surface area contributed by atoms with Gasteiger partial charge in [-0.2, -0.15) is 0 Å². The quantitative estimate of drug-likeness (QED) is 0.739. The second kappa shape index (κ2) is 2.90. The van der Waals surface area contributed by atoms with Gasteiger partial charge in [0.25, 0.3) is 0 Å². The van der Waals surface area contributed by atoms with E-state index >= 15 is 0 Å². The monoisotopic (exact) mass is 194 g/mol. The van der Waals surface area contributed by atoms with Gasteiger partial charge in [-0.25, -0.2) is 4.79 Å². The van der Waals surface area contributed by atoms with Gasteiger partial charge in [-0.15, -0.1) is 0 Å². The third kappa shape index (κ3) is 1.11. The van der Waals surface area contributed by atoms with Crippen molar-refractivity contribution < 1.29 is 19.4 Å². The highest BCUT2D eigenvalue weighted by Gasteiger charge is 2.25. The van der Waals surface area contributed by atoms with Crippen molar-refractivity contribution >= 4 is 5.97 Å². The van der Waals surface area contributed by atoms with E-state index in [1.165, 1.54) is 0 Å². The van der Waals surface area contributed by atoms with Crippen molar-refractivity contribution in [2.45, 2.75) is 13.8 Å². The number of aryl methyl sites for hydroxylation is 1. The lowest BCUT2D eigenvalue weighted by atomic mass is 10.0. The van der Waals surface area contributed by atoms with Gasteiger partial charge in [-0.3, -0.25) is 0 Å². The van der Waals surface area contributed by atoms with Crippen molar-refractivity contribution in [3.63, 3.8) is 0 Å². The van der Waals surface area contributed by atoms with E-state index in [0.717, 1.165) is 11.1 Å². The summed E-state index contributed by atoms with van der Waals surface area (Å²) >= 11 is 0. The molecule has 0 unspecified atom stereocenters. The minimum absolute atomic E-state index is 0.0971. The van der Waals surface area contributed by atoms with Gasteiger partial charge in [0.15, 0.2) is 11.5 Å². The fourth-order valence-electron chi connectivity index (χ4n) is 1.49. The molecule has 1 N–H and O–H groups in total. The summed E-state index contributed by atoms with van der Waals surface area (Å²) in [5.74, 6) is -0.0853. The number of rotatable bonds is 1. The standard InChI is InChI=1S/C10H10O4/c1-5-3-7(10(11)12)9-8(6(5)2)13-4-14-9/h3H,4H2,1-2H3,(H,11,12). The summed E-state index contributed by atoms with van der Waals surface area (Å²) in [5, 5.41) is 8.93. The molecule has 1 aromatic rings. The van der Waals surface area contributed by atoms with Crippen LogP contribution in [0.4, 0.5) is 0 Å². The third-order valence-electron chi connectivity index (χ3n) is 2.38. The molecule has 0 atom stereocenters. The minimum Gasteiger partial charge on any atom is -0.478 e. The van der Waals surface area contributed by atoms with Gasteiger partial charge in [-0.1, -0.05) is 0 Å². The van der Waals surface area contributed by atoms with E-state index in [4.69, 9.17) is 14.6 Å². The van der Waals surface area contributed by atoms with E-state index in [1.54, 1.807) is 6.07 Å². The first-order valence-corrected chi connectivity index (χ1v) is 4.24. The Morgan fingerprint density at radius 2 is 2.00 bits per heavy atom. The molecule has 0 fully saturated rings. The first-order chi connectivity index (χ1) is 6.61. The summed E-state index contributed by atoms with van der Waals surface area (Å²) in [6, 6.07) is 1.60. The zero-order valence-electron chi connectivity index (χ0n) is 7.96. The number of carbonyl (C=O) groups is 1. The second-order valence-electron chi connectivity index (χ2n) is 3.24. The molecule has 0 radical (unpaired) electrons. The van der Waals surface area contributed by atoms with Crippen molar-refractivity contribution in [3.05, 3.63) is 22.8 Å². The molecule has 0 saturated heterocycles. The molecule has 1 aliphatic heterocycles. The lowest BCUT2D eigenvalue weighted by Crippen LogP contribution is -2.00. The number of hydrogen-bond donors (Lipinski definition) is 1. The predicted octanol–water partition coefficient (Wildman–Crippen LogP) is 1.73. The van der Waals surface area contributed by atoms with Crippen LogP contribution in [0.25, 0.3) is 0 Å². The summed E-state index contributed by atoms with van der Waals surface area (Å²) < 4.78 is 10.3. The van der Waals surface area contributed by atoms with Crippen LogP contribution >= 0.6 is 0 Å². The Bertz CT molecular complexity index is 409. The average Bonchev–Trinajstić information content (AvgIpc) is 2.59. The lowest BCUT2D eigenvalue weighted by Gasteiger charge is -2.07. The summed E-state index contributed by atoms with van der Waals surface area (Å²) in [7, 11) is 0. The van der Waals surface area contributed by atoms with Crippen LogP contribution in [0.1, 0.15) is 21.5 Å². The van der Waals surface area contributed by atoms with Gasteiger partial charge in [-0.05, 0) is 31.0 Å². The number of carboxylic acid groups (broad SMARTS) is 1. The maximum Gasteiger partial charge on any atom is 0.339 e. The summed E-state index contributed by atoms with van der Waals surface area (Å²) in [6.07, 6.45) is 0. The molecule has 0 bridgehead atoms. The Morgan fingerprint density at radius 3 is 2.64 bits per heavy atom. The summed E-state index contributed by atoms with van der Waals surface area (Å²) in [4.78, 5) is 10.9. The van der Waals surface area contributed by atoms with Crippen LogP contribution in [-0.4, -0.2) is 17.9 Å². The van der Waals surface area contributed by atoms with E-state index in [-0.39, 0.29) is 12.4 Å². The summed E-state index contributed by atoms with van der Waals surface area (Å²) in [5.41, 5.74) is 2.00. The highest BCUT2D eigenvalue weighted by molar-refractivity contribution is 5.93. The average molecular weight is 194 g/mol. The molecular formula is C10H10O4. The van der Waals surface area contributed by atoms with Crippen LogP contribution in [0.15, 0.2) is 6.07 Å². The van der Waals surface area contributed by atoms with Gasteiger partial charge in [0, 0.05) is 0 Å². The SMILES string of the molecule is Cc1cc(C(=O)O)c2c(c1C)OCO2. The number of ether oxygens (including phenoxy) is 2. The van der Waals surface area contributed by atoms with Crippen LogP contribution in [0.2, 0.25) is 0 Å².